The van der Waals surface area contributed by atoms with Crippen LogP contribution in [0, 0.1) is 6.92 Å². The minimum Gasteiger partial charge on any atom is -0.468 e. The van der Waals surface area contributed by atoms with E-state index in [1.165, 1.54) is 20.1 Å². The molecule has 0 aliphatic carbocycles. The molecule has 1 atom stereocenters. The highest BCUT2D eigenvalue weighted by Gasteiger charge is 2.23. The Kier molecular flexibility index (Phi) is 4.06. The number of thiophene rings is 1. The maximum absolute atomic E-state index is 11.8. The molecular weight excluding hydrogens is 250 g/mol. The highest BCUT2D eigenvalue weighted by molar-refractivity contribution is 7.91. The summed E-state index contributed by atoms with van der Waals surface area (Å²) in [5.41, 5.74) is 0. The summed E-state index contributed by atoms with van der Waals surface area (Å²) in [4.78, 5) is 12.0. The molecule has 1 heterocycles. The number of hydrogen-bond acceptors (Lipinski definition) is 5. The molecule has 0 bridgehead atoms. The Morgan fingerprint density at radius 1 is 1.50 bits per heavy atom. The van der Waals surface area contributed by atoms with E-state index in [9.17, 15) is 13.2 Å². The van der Waals surface area contributed by atoms with E-state index in [0.29, 0.717) is 0 Å². The van der Waals surface area contributed by atoms with Crippen LogP contribution in [0.2, 0.25) is 0 Å². The number of carbonyl (C=O) groups excluding carboxylic acids is 1. The van der Waals surface area contributed by atoms with Gasteiger partial charge in [-0.2, -0.15) is 4.72 Å². The molecular formula is C9H13NO4S2. The second-order valence-corrected chi connectivity index (χ2v) is 6.46. The average molecular weight is 263 g/mol. The highest BCUT2D eigenvalue weighted by atomic mass is 32.2. The standard InChI is InChI=1S/C9H13NO4S2/c1-6-4-5-8(15-6)16(12,13)10-7(2)9(11)14-3/h4-5,7,10H,1-3H3/t7-/m0/s1. The molecule has 0 saturated heterocycles. The molecule has 1 rings (SSSR count). The number of methoxy groups -OCH3 is 1. The lowest BCUT2D eigenvalue weighted by Gasteiger charge is -2.10. The van der Waals surface area contributed by atoms with Crippen molar-refractivity contribution in [1.29, 1.82) is 0 Å². The zero-order valence-electron chi connectivity index (χ0n) is 9.18. The van der Waals surface area contributed by atoms with E-state index in [1.807, 2.05) is 6.92 Å². The molecule has 0 aromatic carbocycles. The first-order chi connectivity index (χ1) is 7.36. The molecule has 1 aromatic rings. The van der Waals surface area contributed by atoms with Gasteiger partial charge in [-0.1, -0.05) is 0 Å². The predicted octanol–water partition coefficient (Wildman–Crippen LogP) is 0.896. The summed E-state index contributed by atoms with van der Waals surface area (Å²) in [6, 6.07) is 2.33. The van der Waals surface area contributed by atoms with Gasteiger partial charge in [-0.15, -0.1) is 11.3 Å². The summed E-state index contributed by atoms with van der Waals surface area (Å²) in [5.74, 6) is -0.614. The van der Waals surface area contributed by atoms with Crippen LogP contribution in [0.15, 0.2) is 16.3 Å². The molecule has 5 nitrogen and oxygen atoms in total. The monoisotopic (exact) mass is 263 g/mol. The van der Waals surface area contributed by atoms with E-state index in [-0.39, 0.29) is 4.21 Å². The van der Waals surface area contributed by atoms with E-state index >= 15 is 0 Å². The maximum Gasteiger partial charge on any atom is 0.323 e. The van der Waals surface area contributed by atoms with Crippen LogP contribution in [0.25, 0.3) is 0 Å². The lowest BCUT2D eigenvalue weighted by Crippen LogP contribution is -2.38. The summed E-state index contributed by atoms with van der Waals surface area (Å²) in [6.45, 7) is 3.25. The largest absolute Gasteiger partial charge is 0.468 e. The average Bonchev–Trinajstić information content (AvgIpc) is 2.63. The molecule has 0 aliphatic heterocycles. The number of nitrogens with one attached hydrogen (secondary N) is 1. The van der Waals surface area contributed by atoms with Crippen molar-refractivity contribution >= 4 is 27.3 Å². The lowest BCUT2D eigenvalue weighted by atomic mass is 10.4. The fourth-order valence-electron chi connectivity index (χ4n) is 1.07. The first kappa shape index (κ1) is 13.1. The fraction of sp³-hybridized carbons (Fsp3) is 0.444. The van der Waals surface area contributed by atoms with Crippen molar-refractivity contribution in [2.45, 2.75) is 24.1 Å². The third-order valence-corrected chi connectivity index (χ3v) is 4.90. The summed E-state index contributed by atoms with van der Waals surface area (Å²) >= 11 is 1.15. The van der Waals surface area contributed by atoms with Crippen molar-refractivity contribution in [2.24, 2.45) is 0 Å². The van der Waals surface area contributed by atoms with Gasteiger partial charge in [-0.25, -0.2) is 8.42 Å². The van der Waals surface area contributed by atoms with Gasteiger partial charge in [0.15, 0.2) is 0 Å². The van der Waals surface area contributed by atoms with Crippen LogP contribution in [0.3, 0.4) is 0 Å². The first-order valence-corrected chi connectivity index (χ1v) is 6.83. The van der Waals surface area contributed by atoms with Gasteiger partial charge >= 0.3 is 5.97 Å². The number of ether oxygens (including phenoxy) is 1. The van der Waals surface area contributed by atoms with Crippen LogP contribution in [0.4, 0.5) is 0 Å². The smallest absolute Gasteiger partial charge is 0.323 e. The van der Waals surface area contributed by atoms with Gasteiger partial charge in [0.25, 0.3) is 10.0 Å². The summed E-state index contributed by atoms with van der Waals surface area (Å²) in [6.07, 6.45) is 0. The number of esters is 1. The maximum atomic E-state index is 11.8. The molecule has 0 unspecified atom stereocenters. The van der Waals surface area contributed by atoms with Crippen molar-refractivity contribution in [1.82, 2.24) is 4.72 Å². The SMILES string of the molecule is COC(=O)[C@H](C)NS(=O)(=O)c1ccc(C)s1. The minimum atomic E-state index is -3.63. The van der Waals surface area contributed by atoms with Gasteiger partial charge in [0.05, 0.1) is 7.11 Å². The van der Waals surface area contributed by atoms with E-state index in [1.54, 1.807) is 6.07 Å². The molecule has 0 spiro atoms. The number of aryl methyl sites for hydroxylation is 1. The predicted molar refractivity (Wildman–Crippen MR) is 60.9 cm³/mol. The minimum absolute atomic E-state index is 0.195. The normalized spacial score (nSPS) is 13.4. The molecule has 1 aromatic heterocycles. The van der Waals surface area contributed by atoms with Crippen LogP contribution in [0.1, 0.15) is 11.8 Å². The molecule has 1 N–H and O–H groups in total. The third-order valence-electron chi connectivity index (χ3n) is 1.87. The molecule has 90 valence electrons. The van der Waals surface area contributed by atoms with E-state index < -0.39 is 22.0 Å². The van der Waals surface area contributed by atoms with Crippen LogP contribution in [-0.2, 0) is 19.6 Å². The molecule has 0 amide bonds. The Morgan fingerprint density at radius 3 is 2.56 bits per heavy atom. The molecule has 0 fully saturated rings. The van der Waals surface area contributed by atoms with Crippen LogP contribution >= 0.6 is 11.3 Å². The first-order valence-electron chi connectivity index (χ1n) is 4.53. The molecule has 0 radical (unpaired) electrons. The summed E-state index contributed by atoms with van der Waals surface area (Å²) in [5, 5.41) is 0. The Hall–Kier alpha value is -0.920. The highest BCUT2D eigenvalue weighted by Crippen LogP contribution is 2.20. The molecule has 16 heavy (non-hydrogen) atoms. The molecule has 0 saturated carbocycles. The van der Waals surface area contributed by atoms with Crippen LogP contribution in [0.5, 0.6) is 0 Å². The quantitative estimate of drug-likeness (QED) is 0.819. The fourth-order valence-corrected chi connectivity index (χ4v) is 3.56. The topological polar surface area (TPSA) is 72.5 Å². The van der Waals surface area contributed by atoms with Gasteiger partial charge in [-0.05, 0) is 26.0 Å². The van der Waals surface area contributed by atoms with Crippen molar-refractivity contribution in [2.75, 3.05) is 7.11 Å². The zero-order valence-corrected chi connectivity index (χ0v) is 10.8. The van der Waals surface area contributed by atoms with Crippen molar-refractivity contribution in [3.05, 3.63) is 17.0 Å². The number of hydrogen-bond donors (Lipinski definition) is 1. The molecule has 7 heteroatoms. The molecule has 0 aliphatic rings. The van der Waals surface area contributed by atoms with Gasteiger partial charge in [0, 0.05) is 4.88 Å². The Labute approximate surface area is 98.5 Å². The van der Waals surface area contributed by atoms with Gasteiger partial charge in [-0.3, -0.25) is 4.79 Å². The summed E-state index contributed by atoms with van der Waals surface area (Å²) in [7, 11) is -2.42. The Balaban J connectivity index is 2.84. The second kappa shape index (κ2) is 4.94. The van der Waals surface area contributed by atoms with Gasteiger partial charge < -0.3 is 4.74 Å². The second-order valence-electron chi connectivity index (χ2n) is 3.23. The number of carbonyl (C=O) groups is 1. The van der Waals surface area contributed by atoms with E-state index in [2.05, 4.69) is 9.46 Å². The number of sulfonamides is 1. The van der Waals surface area contributed by atoms with Gasteiger partial charge in [0.2, 0.25) is 0 Å². The zero-order chi connectivity index (χ0) is 12.3. The number of rotatable bonds is 4. The van der Waals surface area contributed by atoms with Crippen molar-refractivity contribution < 1.29 is 17.9 Å². The van der Waals surface area contributed by atoms with Gasteiger partial charge in [0.1, 0.15) is 10.3 Å². The summed E-state index contributed by atoms with van der Waals surface area (Å²) < 4.78 is 30.4. The lowest BCUT2D eigenvalue weighted by molar-refractivity contribution is -0.142. The van der Waals surface area contributed by atoms with Crippen molar-refractivity contribution in [3.63, 3.8) is 0 Å². The van der Waals surface area contributed by atoms with E-state index in [4.69, 9.17) is 0 Å². The Morgan fingerprint density at radius 2 is 2.12 bits per heavy atom. The van der Waals surface area contributed by atoms with Crippen molar-refractivity contribution in [3.8, 4) is 0 Å². The Bertz CT molecular complexity index is 477. The third kappa shape index (κ3) is 3.03. The van der Waals surface area contributed by atoms with Crippen LogP contribution < -0.4 is 4.72 Å². The van der Waals surface area contributed by atoms with E-state index in [0.717, 1.165) is 16.2 Å². The van der Waals surface area contributed by atoms with Crippen LogP contribution in [-0.4, -0.2) is 27.5 Å².